The Labute approximate surface area is 127 Å². The maximum atomic E-state index is 10.0. The molecule has 7 heteroatoms. The van der Waals surface area contributed by atoms with Gasteiger partial charge in [0.05, 0.1) is 12.8 Å². The monoisotopic (exact) mass is 302 g/mol. The van der Waals surface area contributed by atoms with Crippen LogP contribution in [0, 0.1) is 0 Å². The van der Waals surface area contributed by atoms with Crippen molar-refractivity contribution < 1.29 is 14.3 Å². The Morgan fingerprint density at radius 1 is 0.762 bits per heavy atom. The normalized spacial score (nSPS) is 13.8. The third-order valence-corrected chi connectivity index (χ3v) is 2.83. The molecule has 0 aliphatic carbocycles. The number of esters is 2. The van der Waals surface area contributed by atoms with Crippen molar-refractivity contribution in [2.24, 2.45) is 11.5 Å². The summed E-state index contributed by atoms with van der Waals surface area (Å²) in [6, 6.07) is 0. The van der Waals surface area contributed by atoms with Crippen LogP contribution in [0.2, 0.25) is 0 Å². The highest BCUT2D eigenvalue weighted by Crippen LogP contribution is 2.03. The Kier molecular flexibility index (Phi) is 14.6. The number of ether oxygens (including phenoxy) is 1. The zero-order valence-electron chi connectivity index (χ0n) is 12.9. The molecular weight excluding hydrogens is 272 g/mol. The van der Waals surface area contributed by atoms with Gasteiger partial charge in [0.2, 0.25) is 0 Å². The first kappa shape index (κ1) is 20.0. The number of carbonyl (C=O) groups is 2. The summed E-state index contributed by atoms with van der Waals surface area (Å²) in [5.41, 5.74) is 10.8. The van der Waals surface area contributed by atoms with Crippen LogP contribution in [0.4, 0.5) is 0 Å². The molecule has 21 heavy (non-hydrogen) atoms. The molecule has 0 saturated carbocycles. The van der Waals surface area contributed by atoms with Crippen molar-refractivity contribution in [3.8, 4) is 0 Å². The van der Waals surface area contributed by atoms with E-state index in [-0.39, 0.29) is 12.8 Å². The second kappa shape index (κ2) is 15.4. The fraction of sp³-hybridized carbons (Fsp3) is 0.857. The number of cyclic esters (lactones) is 2. The SMILES string of the molecule is NCCCNCCCCNCCCN.O=C1CCC(=O)O1. The lowest BCUT2D eigenvalue weighted by Crippen LogP contribution is -2.22. The average Bonchev–Trinajstić information content (AvgIpc) is 2.85. The van der Waals surface area contributed by atoms with Crippen LogP contribution in [-0.2, 0) is 14.3 Å². The van der Waals surface area contributed by atoms with E-state index in [1.807, 2.05) is 0 Å². The van der Waals surface area contributed by atoms with Gasteiger partial charge in [-0.2, -0.15) is 0 Å². The van der Waals surface area contributed by atoms with Crippen LogP contribution in [0.5, 0.6) is 0 Å². The van der Waals surface area contributed by atoms with E-state index < -0.39 is 11.9 Å². The Morgan fingerprint density at radius 3 is 1.43 bits per heavy atom. The topological polar surface area (TPSA) is 119 Å². The molecule has 0 aromatic heterocycles. The molecule has 1 saturated heterocycles. The Hall–Kier alpha value is -1.02. The summed E-state index contributed by atoms with van der Waals surface area (Å²) in [7, 11) is 0. The van der Waals surface area contributed by atoms with Crippen molar-refractivity contribution in [2.45, 2.75) is 38.5 Å². The van der Waals surface area contributed by atoms with Crippen molar-refractivity contribution in [3.63, 3.8) is 0 Å². The van der Waals surface area contributed by atoms with Gasteiger partial charge in [-0.3, -0.25) is 9.59 Å². The van der Waals surface area contributed by atoms with Gasteiger partial charge < -0.3 is 26.8 Å². The molecule has 0 unspecified atom stereocenters. The van der Waals surface area contributed by atoms with Crippen LogP contribution in [-0.4, -0.2) is 51.2 Å². The highest BCUT2D eigenvalue weighted by molar-refractivity contribution is 5.92. The molecule has 1 rings (SSSR count). The quantitative estimate of drug-likeness (QED) is 0.230. The Balaban J connectivity index is 0.000000471. The summed E-state index contributed by atoms with van der Waals surface area (Å²) >= 11 is 0. The van der Waals surface area contributed by atoms with Crippen LogP contribution in [0.3, 0.4) is 0 Å². The van der Waals surface area contributed by atoms with E-state index in [1.165, 1.54) is 12.8 Å². The smallest absolute Gasteiger partial charge is 0.314 e. The molecule has 0 radical (unpaired) electrons. The van der Waals surface area contributed by atoms with E-state index in [9.17, 15) is 9.59 Å². The largest absolute Gasteiger partial charge is 0.393 e. The second-order valence-corrected chi connectivity index (χ2v) is 4.84. The highest BCUT2D eigenvalue weighted by Gasteiger charge is 2.19. The highest BCUT2D eigenvalue weighted by atomic mass is 16.6. The van der Waals surface area contributed by atoms with Crippen molar-refractivity contribution >= 4 is 11.9 Å². The van der Waals surface area contributed by atoms with Crippen molar-refractivity contribution in [1.82, 2.24) is 10.6 Å². The molecular formula is C14H30N4O3. The lowest BCUT2D eigenvalue weighted by molar-refractivity contribution is -0.151. The molecule has 0 amide bonds. The summed E-state index contributed by atoms with van der Waals surface area (Å²) in [5, 5.41) is 6.72. The van der Waals surface area contributed by atoms with E-state index in [2.05, 4.69) is 15.4 Å². The molecule has 7 nitrogen and oxygen atoms in total. The summed E-state index contributed by atoms with van der Waals surface area (Å²) in [6.07, 6.45) is 5.15. The number of carbonyl (C=O) groups excluding carboxylic acids is 2. The van der Waals surface area contributed by atoms with Gasteiger partial charge in [0, 0.05) is 0 Å². The van der Waals surface area contributed by atoms with Crippen molar-refractivity contribution in [1.29, 1.82) is 0 Å². The molecule has 0 spiro atoms. The number of nitrogens with two attached hydrogens (primary N) is 2. The lowest BCUT2D eigenvalue weighted by Gasteiger charge is -2.04. The maximum Gasteiger partial charge on any atom is 0.314 e. The summed E-state index contributed by atoms with van der Waals surface area (Å²) in [6.45, 7) is 5.90. The maximum absolute atomic E-state index is 10.0. The standard InChI is InChI=1S/C10H26N4.C4H4O3/c11-5-3-9-13-7-1-2-8-14-10-4-6-12;5-3-1-2-4(6)7-3/h13-14H,1-12H2;1-2H2. The average molecular weight is 302 g/mol. The van der Waals surface area contributed by atoms with E-state index in [4.69, 9.17) is 11.5 Å². The third-order valence-electron chi connectivity index (χ3n) is 2.83. The molecule has 1 aliphatic heterocycles. The van der Waals surface area contributed by atoms with Gasteiger partial charge in [-0.15, -0.1) is 0 Å². The lowest BCUT2D eigenvalue weighted by atomic mass is 10.3. The van der Waals surface area contributed by atoms with Gasteiger partial charge in [0.15, 0.2) is 0 Å². The van der Waals surface area contributed by atoms with Crippen LogP contribution in [0.15, 0.2) is 0 Å². The van der Waals surface area contributed by atoms with E-state index in [0.29, 0.717) is 0 Å². The number of nitrogens with one attached hydrogen (secondary N) is 2. The number of hydrogen-bond donors (Lipinski definition) is 4. The summed E-state index contributed by atoms with van der Waals surface area (Å²) < 4.78 is 4.08. The van der Waals surface area contributed by atoms with Gasteiger partial charge in [-0.05, 0) is 65.0 Å². The zero-order valence-corrected chi connectivity index (χ0v) is 12.9. The van der Waals surface area contributed by atoms with E-state index in [1.54, 1.807) is 0 Å². The van der Waals surface area contributed by atoms with E-state index >= 15 is 0 Å². The summed E-state index contributed by atoms with van der Waals surface area (Å²) in [4.78, 5) is 20.0. The van der Waals surface area contributed by atoms with Gasteiger partial charge in [0.1, 0.15) is 0 Å². The third kappa shape index (κ3) is 15.2. The first-order chi connectivity index (χ1) is 10.2. The van der Waals surface area contributed by atoms with Crippen LogP contribution in [0.1, 0.15) is 38.5 Å². The fourth-order valence-electron chi connectivity index (χ4n) is 1.64. The minimum absolute atomic E-state index is 0.263. The zero-order chi connectivity index (χ0) is 15.8. The Bertz CT molecular complexity index is 249. The van der Waals surface area contributed by atoms with Crippen LogP contribution in [0.25, 0.3) is 0 Å². The molecule has 1 aliphatic rings. The predicted molar refractivity (Wildman–Crippen MR) is 82.6 cm³/mol. The molecule has 0 bridgehead atoms. The predicted octanol–water partition coefficient (Wildman–Crippen LogP) is -0.507. The Morgan fingerprint density at radius 2 is 1.14 bits per heavy atom. The second-order valence-electron chi connectivity index (χ2n) is 4.84. The van der Waals surface area contributed by atoms with Crippen molar-refractivity contribution in [3.05, 3.63) is 0 Å². The summed E-state index contributed by atoms with van der Waals surface area (Å²) in [5.74, 6) is -0.796. The van der Waals surface area contributed by atoms with Gasteiger partial charge in [0.25, 0.3) is 0 Å². The van der Waals surface area contributed by atoms with Gasteiger partial charge in [-0.25, -0.2) is 0 Å². The van der Waals surface area contributed by atoms with Crippen molar-refractivity contribution in [2.75, 3.05) is 39.3 Å². The number of hydrogen-bond acceptors (Lipinski definition) is 7. The molecule has 0 aromatic rings. The fourth-order valence-corrected chi connectivity index (χ4v) is 1.64. The van der Waals surface area contributed by atoms with Gasteiger partial charge in [-0.1, -0.05) is 0 Å². The molecule has 0 atom stereocenters. The number of rotatable bonds is 11. The molecule has 1 heterocycles. The minimum atomic E-state index is -0.398. The molecule has 6 N–H and O–H groups in total. The van der Waals surface area contributed by atoms with Gasteiger partial charge >= 0.3 is 11.9 Å². The molecule has 124 valence electrons. The number of unbranched alkanes of at least 4 members (excludes halogenated alkanes) is 1. The first-order valence-electron chi connectivity index (χ1n) is 7.75. The minimum Gasteiger partial charge on any atom is -0.393 e. The molecule has 1 fully saturated rings. The first-order valence-corrected chi connectivity index (χ1v) is 7.75. The van der Waals surface area contributed by atoms with Crippen LogP contribution < -0.4 is 22.1 Å². The van der Waals surface area contributed by atoms with Crippen LogP contribution >= 0.6 is 0 Å². The van der Waals surface area contributed by atoms with E-state index in [0.717, 1.165) is 52.1 Å². The molecule has 0 aromatic carbocycles.